The number of benzene rings is 1. The molecular formula is C11H15N3O2S. The van der Waals surface area contributed by atoms with Gasteiger partial charge in [-0.05, 0) is 24.1 Å². The van der Waals surface area contributed by atoms with Crippen LogP contribution < -0.4 is 0 Å². The molecule has 5 nitrogen and oxygen atoms in total. The number of aliphatic hydroxyl groups excluding tert-OH is 2. The summed E-state index contributed by atoms with van der Waals surface area (Å²) in [5.41, 5.74) is 1.91. The monoisotopic (exact) mass is 253 g/mol. The van der Waals surface area contributed by atoms with Crippen LogP contribution in [0, 0.1) is 0 Å². The second-order valence-electron chi connectivity index (χ2n) is 3.53. The molecule has 1 heterocycles. The third kappa shape index (κ3) is 3.19. The Kier molecular flexibility index (Phi) is 4.38. The standard InChI is InChI=1S/C11H15N3O2S/c15-7-5-14(6-8-16)17-11-12-9-3-1-2-4-10(9)13-11/h1-4,15-16H,5-8H2,(H,12,13). The van der Waals surface area contributed by atoms with Crippen molar-refractivity contribution in [3.63, 3.8) is 0 Å². The first-order valence-corrected chi connectivity index (χ1v) is 6.20. The maximum atomic E-state index is 8.91. The van der Waals surface area contributed by atoms with Crippen LogP contribution in [0.4, 0.5) is 0 Å². The van der Waals surface area contributed by atoms with Crippen molar-refractivity contribution in [2.24, 2.45) is 0 Å². The molecule has 0 atom stereocenters. The van der Waals surface area contributed by atoms with Crippen LogP contribution in [0.5, 0.6) is 0 Å². The highest BCUT2D eigenvalue weighted by molar-refractivity contribution is 7.96. The van der Waals surface area contributed by atoms with E-state index < -0.39 is 0 Å². The lowest BCUT2D eigenvalue weighted by atomic mass is 10.3. The summed E-state index contributed by atoms with van der Waals surface area (Å²) in [7, 11) is 0. The van der Waals surface area contributed by atoms with Gasteiger partial charge in [0.15, 0.2) is 5.16 Å². The third-order valence-electron chi connectivity index (χ3n) is 2.28. The Morgan fingerprint density at radius 2 is 1.88 bits per heavy atom. The van der Waals surface area contributed by atoms with Gasteiger partial charge in [-0.3, -0.25) is 0 Å². The Bertz CT molecular complexity index is 435. The van der Waals surface area contributed by atoms with Crippen molar-refractivity contribution in [2.45, 2.75) is 5.16 Å². The number of nitrogens with one attached hydrogen (secondary N) is 1. The van der Waals surface area contributed by atoms with Crippen LogP contribution >= 0.6 is 11.9 Å². The molecule has 0 fully saturated rings. The molecule has 0 bridgehead atoms. The number of rotatable bonds is 6. The molecule has 0 saturated carbocycles. The fraction of sp³-hybridized carbons (Fsp3) is 0.364. The maximum absolute atomic E-state index is 8.91. The second-order valence-corrected chi connectivity index (χ2v) is 4.61. The first-order valence-electron chi connectivity index (χ1n) is 5.43. The molecule has 0 spiro atoms. The van der Waals surface area contributed by atoms with E-state index in [2.05, 4.69) is 9.97 Å². The first-order chi connectivity index (χ1) is 8.33. The molecule has 0 aliphatic rings. The topological polar surface area (TPSA) is 72.4 Å². The number of imidazole rings is 1. The SMILES string of the molecule is OCCN(CCO)Sc1nc2ccccc2[nH]1. The molecule has 17 heavy (non-hydrogen) atoms. The lowest BCUT2D eigenvalue weighted by molar-refractivity contribution is 0.226. The fourth-order valence-corrected chi connectivity index (χ4v) is 2.41. The predicted octanol–water partition coefficient (Wildman–Crippen LogP) is 0.857. The quantitative estimate of drug-likeness (QED) is 0.666. The number of fused-ring (bicyclic) bond motifs is 1. The number of aromatic amines is 1. The lowest BCUT2D eigenvalue weighted by Gasteiger charge is -2.16. The van der Waals surface area contributed by atoms with Gasteiger partial charge in [0, 0.05) is 13.1 Å². The number of para-hydroxylation sites is 2. The van der Waals surface area contributed by atoms with Crippen molar-refractivity contribution in [1.82, 2.24) is 14.3 Å². The van der Waals surface area contributed by atoms with Crippen molar-refractivity contribution in [3.8, 4) is 0 Å². The molecule has 1 aromatic carbocycles. The van der Waals surface area contributed by atoms with Crippen LogP contribution in [0.1, 0.15) is 0 Å². The highest BCUT2D eigenvalue weighted by atomic mass is 32.2. The Morgan fingerprint density at radius 3 is 2.53 bits per heavy atom. The molecule has 1 aromatic heterocycles. The number of aliphatic hydroxyl groups is 2. The molecule has 92 valence electrons. The molecule has 2 aromatic rings. The molecule has 0 unspecified atom stereocenters. The molecule has 2 rings (SSSR count). The van der Waals surface area contributed by atoms with E-state index in [4.69, 9.17) is 10.2 Å². The van der Waals surface area contributed by atoms with Gasteiger partial charge in [-0.2, -0.15) is 0 Å². The van der Waals surface area contributed by atoms with E-state index >= 15 is 0 Å². The van der Waals surface area contributed by atoms with E-state index in [-0.39, 0.29) is 13.2 Å². The van der Waals surface area contributed by atoms with E-state index in [1.807, 2.05) is 28.6 Å². The summed E-state index contributed by atoms with van der Waals surface area (Å²) in [5, 5.41) is 18.6. The van der Waals surface area contributed by atoms with Crippen LogP contribution in [0.15, 0.2) is 29.4 Å². The smallest absolute Gasteiger partial charge is 0.181 e. The first kappa shape index (κ1) is 12.4. The minimum atomic E-state index is 0.0627. The van der Waals surface area contributed by atoms with Gasteiger partial charge in [0.2, 0.25) is 0 Å². The Balaban J connectivity index is 2.10. The maximum Gasteiger partial charge on any atom is 0.181 e. The lowest BCUT2D eigenvalue weighted by Crippen LogP contribution is -2.23. The fourth-order valence-electron chi connectivity index (χ4n) is 1.52. The van der Waals surface area contributed by atoms with Gasteiger partial charge in [-0.15, -0.1) is 0 Å². The van der Waals surface area contributed by atoms with E-state index in [0.29, 0.717) is 13.1 Å². The van der Waals surface area contributed by atoms with Gasteiger partial charge in [-0.25, -0.2) is 9.29 Å². The van der Waals surface area contributed by atoms with Gasteiger partial charge in [0.05, 0.1) is 24.2 Å². The van der Waals surface area contributed by atoms with Crippen LogP contribution in [0.3, 0.4) is 0 Å². The largest absolute Gasteiger partial charge is 0.395 e. The van der Waals surface area contributed by atoms with Crippen LogP contribution in [-0.4, -0.2) is 50.8 Å². The summed E-state index contributed by atoms with van der Waals surface area (Å²) in [6.07, 6.45) is 0. The highest BCUT2D eigenvalue weighted by Crippen LogP contribution is 2.22. The van der Waals surface area contributed by atoms with Gasteiger partial charge < -0.3 is 15.2 Å². The van der Waals surface area contributed by atoms with Crippen molar-refractivity contribution in [1.29, 1.82) is 0 Å². The van der Waals surface area contributed by atoms with E-state index in [9.17, 15) is 0 Å². The van der Waals surface area contributed by atoms with Gasteiger partial charge in [0.1, 0.15) is 0 Å². The van der Waals surface area contributed by atoms with Crippen LogP contribution in [0.2, 0.25) is 0 Å². The molecular weight excluding hydrogens is 238 g/mol. The average Bonchev–Trinajstić information content (AvgIpc) is 2.71. The molecule has 0 radical (unpaired) electrons. The van der Waals surface area contributed by atoms with Crippen LogP contribution in [-0.2, 0) is 0 Å². The summed E-state index contributed by atoms with van der Waals surface area (Å²) >= 11 is 1.41. The van der Waals surface area contributed by atoms with Crippen molar-refractivity contribution < 1.29 is 10.2 Å². The molecule has 0 amide bonds. The van der Waals surface area contributed by atoms with Crippen molar-refractivity contribution in [3.05, 3.63) is 24.3 Å². The highest BCUT2D eigenvalue weighted by Gasteiger charge is 2.09. The molecule has 0 saturated heterocycles. The summed E-state index contributed by atoms with van der Waals surface area (Å²) in [6, 6.07) is 7.80. The van der Waals surface area contributed by atoms with Gasteiger partial charge in [0.25, 0.3) is 0 Å². The molecule has 6 heteroatoms. The van der Waals surface area contributed by atoms with E-state index in [0.717, 1.165) is 16.2 Å². The normalized spacial score (nSPS) is 11.5. The minimum Gasteiger partial charge on any atom is -0.395 e. The van der Waals surface area contributed by atoms with Crippen molar-refractivity contribution in [2.75, 3.05) is 26.3 Å². The Morgan fingerprint density at radius 1 is 1.18 bits per heavy atom. The van der Waals surface area contributed by atoms with Crippen molar-refractivity contribution >= 4 is 23.0 Å². The number of aromatic nitrogens is 2. The van der Waals surface area contributed by atoms with E-state index in [1.165, 1.54) is 11.9 Å². The number of hydrogen-bond acceptors (Lipinski definition) is 5. The zero-order valence-electron chi connectivity index (χ0n) is 9.33. The summed E-state index contributed by atoms with van der Waals surface area (Å²) < 4.78 is 1.87. The second kappa shape index (κ2) is 6.02. The minimum absolute atomic E-state index is 0.0627. The zero-order chi connectivity index (χ0) is 12.1. The molecule has 0 aliphatic carbocycles. The third-order valence-corrected chi connectivity index (χ3v) is 3.27. The zero-order valence-corrected chi connectivity index (χ0v) is 10.2. The van der Waals surface area contributed by atoms with E-state index in [1.54, 1.807) is 0 Å². The summed E-state index contributed by atoms with van der Waals surface area (Å²) in [4.78, 5) is 7.61. The summed E-state index contributed by atoms with van der Waals surface area (Å²) in [5.74, 6) is 0. The molecule has 0 aliphatic heterocycles. The number of hydrogen-bond donors (Lipinski definition) is 3. The summed E-state index contributed by atoms with van der Waals surface area (Å²) in [6.45, 7) is 1.13. The Hall–Kier alpha value is -1.08. The van der Waals surface area contributed by atoms with Crippen LogP contribution in [0.25, 0.3) is 11.0 Å². The van der Waals surface area contributed by atoms with Gasteiger partial charge in [-0.1, -0.05) is 12.1 Å². The predicted molar refractivity (Wildman–Crippen MR) is 67.7 cm³/mol. The number of nitrogens with zero attached hydrogens (tertiary/aromatic N) is 2. The Labute approximate surface area is 104 Å². The average molecular weight is 253 g/mol. The van der Waals surface area contributed by atoms with Gasteiger partial charge >= 0.3 is 0 Å². The molecule has 3 N–H and O–H groups in total. The number of H-pyrrole nitrogens is 1.